The molecule has 0 saturated heterocycles. The van der Waals surface area contributed by atoms with Crippen molar-refractivity contribution in [1.82, 2.24) is 0 Å². The van der Waals surface area contributed by atoms with Crippen molar-refractivity contribution in [3.63, 3.8) is 0 Å². The van der Waals surface area contributed by atoms with Crippen LogP contribution in [-0.2, 0) is 0 Å². The molecular weight excluding hydrogens is 366 g/mol. The summed E-state index contributed by atoms with van der Waals surface area (Å²) in [6.07, 6.45) is 1.55. The fourth-order valence-corrected chi connectivity index (χ4v) is 2.99. The summed E-state index contributed by atoms with van der Waals surface area (Å²) in [6.45, 7) is 0. The van der Waals surface area contributed by atoms with Gasteiger partial charge in [-0.2, -0.15) is 0 Å². The van der Waals surface area contributed by atoms with Gasteiger partial charge in [0.15, 0.2) is 17.3 Å². The fourth-order valence-electron chi connectivity index (χ4n) is 2.99. The first kappa shape index (κ1) is 19.2. The van der Waals surface area contributed by atoms with Gasteiger partial charge in [-0.05, 0) is 18.2 Å². The number of hydrogen-bond donors (Lipinski definition) is 1. The molecule has 1 aliphatic rings. The highest BCUT2D eigenvalue weighted by Crippen LogP contribution is 2.50. The molecule has 1 aliphatic heterocycles. The highest BCUT2D eigenvalue weighted by Gasteiger charge is 2.35. The van der Waals surface area contributed by atoms with Crippen molar-refractivity contribution < 1.29 is 33.2 Å². The maximum absolute atomic E-state index is 12.9. The summed E-state index contributed by atoms with van der Waals surface area (Å²) >= 11 is 0. The van der Waals surface area contributed by atoms with E-state index in [1.807, 2.05) is 0 Å². The van der Waals surface area contributed by atoms with Crippen LogP contribution in [0.5, 0.6) is 34.5 Å². The minimum absolute atomic E-state index is 0.0893. The fraction of sp³-hybridized carbons (Fsp3) is 0.250. The topological polar surface area (TPSA) is 98.5 Å². The van der Waals surface area contributed by atoms with Gasteiger partial charge in [0.1, 0.15) is 11.5 Å². The third kappa shape index (κ3) is 3.02. The molecule has 0 radical (unpaired) electrons. The molecule has 2 aromatic rings. The van der Waals surface area contributed by atoms with Crippen LogP contribution in [0, 0.1) is 0 Å². The summed E-state index contributed by atoms with van der Waals surface area (Å²) in [6, 6.07) is 4.84. The van der Waals surface area contributed by atoms with E-state index in [0.717, 1.165) is 0 Å². The molecule has 0 bridgehead atoms. The van der Waals surface area contributed by atoms with Gasteiger partial charge in [-0.15, -0.1) is 0 Å². The van der Waals surface area contributed by atoms with Crippen molar-refractivity contribution in [2.45, 2.75) is 0 Å². The zero-order valence-corrected chi connectivity index (χ0v) is 16.2. The largest absolute Gasteiger partial charge is 0.496 e. The molecule has 3 rings (SSSR count). The average molecular weight is 387 g/mol. The number of methoxy groups -OCH3 is 5. The number of benzene rings is 2. The number of Topliss-reactive ketones (excluding diaryl/α,β-unsaturated/α-hetero) is 1. The molecule has 0 fully saturated rings. The van der Waals surface area contributed by atoms with Crippen molar-refractivity contribution in [3.8, 4) is 34.5 Å². The van der Waals surface area contributed by atoms with E-state index in [1.165, 1.54) is 35.5 Å². The normalized spacial score (nSPS) is 13.8. The van der Waals surface area contributed by atoms with Gasteiger partial charge in [-0.1, -0.05) is 0 Å². The summed E-state index contributed by atoms with van der Waals surface area (Å²) in [5.74, 6) is 1.95. The molecule has 0 aliphatic carbocycles. The van der Waals surface area contributed by atoms with Gasteiger partial charge in [0.2, 0.25) is 17.3 Å². The number of ether oxygens (including phenoxy) is 6. The predicted molar refractivity (Wildman–Crippen MR) is 103 cm³/mol. The van der Waals surface area contributed by atoms with Gasteiger partial charge in [0.05, 0.1) is 46.8 Å². The lowest BCUT2D eigenvalue weighted by Gasteiger charge is -2.14. The minimum Gasteiger partial charge on any atom is -0.496 e. The van der Waals surface area contributed by atoms with Gasteiger partial charge in [0.25, 0.3) is 0 Å². The number of rotatable bonds is 6. The zero-order chi connectivity index (χ0) is 20.4. The quantitative estimate of drug-likeness (QED) is 0.597. The molecular formula is C20H21NO7. The number of ketones is 1. The van der Waals surface area contributed by atoms with Crippen LogP contribution in [0.1, 0.15) is 15.9 Å². The molecule has 28 heavy (non-hydrogen) atoms. The van der Waals surface area contributed by atoms with E-state index < -0.39 is 0 Å². The highest BCUT2D eigenvalue weighted by atomic mass is 16.6. The third-order valence-electron chi connectivity index (χ3n) is 4.33. The summed E-state index contributed by atoms with van der Waals surface area (Å²) in [5, 5.41) is 0. The van der Waals surface area contributed by atoms with E-state index >= 15 is 0 Å². The Hall–Kier alpha value is -3.55. The number of fused-ring (bicyclic) bond motifs is 1. The van der Waals surface area contributed by atoms with E-state index in [4.69, 9.17) is 34.2 Å². The molecule has 0 unspecified atom stereocenters. The minimum atomic E-state index is -0.328. The molecule has 2 aromatic carbocycles. The van der Waals surface area contributed by atoms with Crippen molar-refractivity contribution in [2.75, 3.05) is 41.3 Å². The van der Waals surface area contributed by atoms with Gasteiger partial charge < -0.3 is 34.2 Å². The Morgan fingerprint density at radius 1 is 0.821 bits per heavy atom. The van der Waals surface area contributed by atoms with Crippen LogP contribution in [0.2, 0.25) is 0 Å². The SMILES string of the molecule is COc1cc(OC)c(/C=C2\Oc3c(cc(OC)c(OC)c3OC)C2=O)cc1N. The van der Waals surface area contributed by atoms with Crippen LogP contribution >= 0.6 is 0 Å². The summed E-state index contributed by atoms with van der Waals surface area (Å²) in [7, 11) is 7.44. The lowest BCUT2D eigenvalue weighted by atomic mass is 10.1. The lowest BCUT2D eigenvalue weighted by Crippen LogP contribution is -2.00. The number of allylic oxidation sites excluding steroid dienone is 1. The van der Waals surface area contributed by atoms with Crippen LogP contribution in [0.15, 0.2) is 24.0 Å². The maximum Gasteiger partial charge on any atom is 0.232 e. The number of nitrogens with two attached hydrogens (primary N) is 1. The molecule has 0 amide bonds. The second-order valence-electron chi connectivity index (χ2n) is 5.80. The van der Waals surface area contributed by atoms with Gasteiger partial charge >= 0.3 is 0 Å². The first-order chi connectivity index (χ1) is 13.5. The van der Waals surface area contributed by atoms with Crippen LogP contribution in [-0.4, -0.2) is 41.3 Å². The van der Waals surface area contributed by atoms with Crippen molar-refractivity contribution >= 4 is 17.5 Å². The van der Waals surface area contributed by atoms with E-state index in [9.17, 15) is 4.79 Å². The molecule has 0 atom stereocenters. The van der Waals surface area contributed by atoms with Gasteiger partial charge in [0, 0.05) is 11.6 Å². The molecule has 8 heteroatoms. The van der Waals surface area contributed by atoms with E-state index in [2.05, 4.69) is 0 Å². The van der Waals surface area contributed by atoms with E-state index in [-0.39, 0.29) is 23.0 Å². The smallest absolute Gasteiger partial charge is 0.232 e. The third-order valence-corrected chi connectivity index (χ3v) is 4.33. The first-order valence-corrected chi connectivity index (χ1v) is 8.27. The standard InChI is InChI=1S/C20H21NO7/c1-23-13-9-14(24-2)12(21)6-10(13)7-15-17(22)11-8-16(25-3)19(26-4)20(27-5)18(11)28-15/h6-9H,21H2,1-5H3/b15-7-. The molecule has 0 spiro atoms. The summed E-state index contributed by atoms with van der Waals surface area (Å²) < 4.78 is 32.4. The lowest BCUT2D eigenvalue weighted by molar-refractivity contribution is 0.101. The Balaban J connectivity index is 2.11. The molecule has 2 N–H and O–H groups in total. The number of nitrogen functional groups attached to an aromatic ring is 1. The molecule has 1 heterocycles. The molecule has 0 aromatic heterocycles. The van der Waals surface area contributed by atoms with Crippen molar-refractivity contribution in [3.05, 3.63) is 35.1 Å². The van der Waals surface area contributed by atoms with Gasteiger partial charge in [-0.3, -0.25) is 4.79 Å². The Bertz CT molecular complexity index is 966. The molecule has 0 saturated carbocycles. The Kier molecular flexibility index (Phi) is 5.21. The Morgan fingerprint density at radius 2 is 1.46 bits per heavy atom. The second kappa shape index (κ2) is 7.59. The second-order valence-corrected chi connectivity index (χ2v) is 5.80. The predicted octanol–water partition coefficient (Wildman–Crippen LogP) is 2.93. The van der Waals surface area contributed by atoms with Crippen LogP contribution in [0.4, 0.5) is 5.69 Å². The zero-order valence-electron chi connectivity index (χ0n) is 16.2. The van der Waals surface area contributed by atoms with Gasteiger partial charge in [-0.25, -0.2) is 0 Å². The van der Waals surface area contributed by atoms with Crippen LogP contribution < -0.4 is 34.2 Å². The Morgan fingerprint density at radius 3 is 2.04 bits per heavy atom. The van der Waals surface area contributed by atoms with Crippen LogP contribution in [0.25, 0.3) is 6.08 Å². The van der Waals surface area contributed by atoms with Crippen molar-refractivity contribution in [2.24, 2.45) is 0 Å². The van der Waals surface area contributed by atoms with Crippen LogP contribution in [0.3, 0.4) is 0 Å². The number of carbonyl (C=O) groups is 1. The summed E-state index contributed by atoms with van der Waals surface area (Å²) in [4.78, 5) is 12.9. The molecule has 148 valence electrons. The van der Waals surface area contributed by atoms with E-state index in [0.29, 0.717) is 39.8 Å². The highest BCUT2D eigenvalue weighted by molar-refractivity contribution is 6.15. The summed E-state index contributed by atoms with van der Waals surface area (Å²) in [5.41, 5.74) is 7.25. The molecule has 8 nitrogen and oxygen atoms in total. The maximum atomic E-state index is 12.9. The number of carbonyl (C=O) groups excluding carboxylic acids is 1. The average Bonchev–Trinajstić information content (AvgIpc) is 3.01. The number of anilines is 1. The first-order valence-electron chi connectivity index (χ1n) is 8.27. The van der Waals surface area contributed by atoms with E-state index in [1.54, 1.807) is 24.3 Å². The van der Waals surface area contributed by atoms with Crippen molar-refractivity contribution in [1.29, 1.82) is 0 Å². The monoisotopic (exact) mass is 387 g/mol. The Labute approximate surface area is 162 Å². The number of hydrogen-bond acceptors (Lipinski definition) is 8.